The van der Waals surface area contributed by atoms with Gasteiger partial charge in [-0.25, -0.2) is 0 Å². The molecule has 0 saturated carbocycles. The summed E-state index contributed by atoms with van der Waals surface area (Å²) in [5.74, 6) is 3.07. The topological polar surface area (TPSA) is 132 Å². The van der Waals surface area contributed by atoms with Crippen LogP contribution in [0.15, 0.2) is 6.20 Å². The predicted octanol–water partition coefficient (Wildman–Crippen LogP) is 0.248. The van der Waals surface area contributed by atoms with Crippen molar-refractivity contribution in [1.29, 1.82) is 0 Å². The van der Waals surface area contributed by atoms with Crippen LogP contribution in [-0.2, 0) is 33.2 Å². The number of halogens is 1. The lowest BCUT2D eigenvalue weighted by molar-refractivity contribution is -0.124. The molecule has 2 aliphatic rings. The molecule has 2 fully saturated rings. The van der Waals surface area contributed by atoms with Crippen LogP contribution < -0.4 is 4.90 Å². The van der Waals surface area contributed by atoms with Gasteiger partial charge in [0, 0.05) is 13.1 Å². The first-order valence-electron chi connectivity index (χ1n) is 12.1. The normalized spacial score (nSPS) is 20.0. The standard InChI is InChI=1S/C23H32ClN5O8/c1-2-3-31-4-5-32-6-7-33-8-9-34-10-11-35-17-13-28(14-17)20-19-12-25-29(21(19)27-22(24)26-20)23-36-16-18(15-30)37-23/h1,12,17-18,23,30H,3-11,13-16H2. The van der Waals surface area contributed by atoms with Crippen LogP contribution in [0.3, 0.4) is 0 Å². The van der Waals surface area contributed by atoms with E-state index in [0.717, 1.165) is 5.39 Å². The van der Waals surface area contributed by atoms with E-state index in [0.29, 0.717) is 84.0 Å². The number of aliphatic hydroxyl groups is 1. The molecule has 4 rings (SSSR count). The Hall–Kier alpha value is -2.12. The molecule has 4 heterocycles. The summed E-state index contributed by atoms with van der Waals surface area (Å²) in [6.07, 6.45) is 5.63. The summed E-state index contributed by atoms with van der Waals surface area (Å²) in [5, 5.41) is 14.5. The van der Waals surface area contributed by atoms with Gasteiger partial charge in [-0.15, -0.1) is 6.42 Å². The largest absolute Gasteiger partial charge is 0.394 e. The van der Waals surface area contributed by atoms with Gasteiger partial charge >= 0.3 is 0 Å². The van der Waals surface area contributed by atoms with Gasteiger partial charge in [-0.3, -0.25) is 0 Å². The van der Waals surface area contributed by atoms with E-state index < -0.39 is 12.5 Å². The van der Waals surface area contributed by atoms with E-state index in [1.807, 2.05) is 0 Å². The van der Waals surface area contributed by atoms with Crippen molar-refractivity contribution >= 4 is 28.5 Å². The monoisotopic (exact) mass is 541 g/mol. The van der Waals surface area contributed by atoms with Crippen molar-refractivity contribution in [2.45, 2.75) is 18.6 Å². The van der Waals surface area contributed by atoms with Crippen molar-refractivity contribution in [3.63, 3.8) is 0 Å². The summed E-state index contributed by atoms with van der Waals surface area (Å²) in [7, 11) is 0. The smallest absolute Gasteiger partial charge is 0.262 e. The fourth-order valence-corrected chi connectivity index (χ4v) is 3.88. The minimum absolute atomic E-state index is 0.0623. The molecule has 2 aromatic rings. The average Bonchev–Trinajstić information content (AvgIpc) is 3.52. The van der Waals surface area contributed by atoms with Gasteiger partial charge in [0.15, 0.2) is 5.65 Å². The summed E-state index contributed by atoms with van der Waals surface area (Å²) in [6, 6.07) is 0. The second-order valence-electron chi connectivity index (χ2n) is 8.22. The van der Waals surface area contributed by atoms with Crippen molar-refractivity contribution in [2.24, 2.45) is 0 Å². The Labute approximate surface area is 219 Å². The van der Waals surface area contributed by atoms with Crippen LogP contribution in [0.5, 0.6) is 0 Å². The van der Waals surface area contributed by atoms with E-state index in [2.05, 4.69) is 25.9 Å². The summed E-state index contributed by atoms with van der Waals surface area (Å²) in [6.45, 7) is 5.67. The molecule has 0 aromatic carbocycles. The number of fused-ring (bicyclic) bond motifs is 1. The molecule has 0 amide bonds. The molecule has 0 aliphatic carbocycles. The van der Waals surface area contributed by atoms with Gasteiger partial charge < -0.3 is 43.2 Å². The Balaban J connectivity index is 1.09. The Morgan fingerprint density at radius 3 is 2.35 bits per heavy atom. The number of anilines is 1. The van der Waals surface area contributed by atoms with Crippen LogP contribution in [0.4, 0.5) is 5.82 Å². The highest BCUT2D eigenvalue weighted by Gasteiger charge is 2.33. The molecule has 2 unspecified atom stereocenters. The number of rotatable bonds is 17. The molecule has 0 bridgehead atoms. The highest BCUT2D eigenvalue weighted by Crippen LogP contribution is 2.32. The molecule has 37 heavy (non-hydrogen) atoms. The minimum atomic E-state index is -0.774. The maximum absolute atomic E-state index is 9.27. The molecule has 0 spiro atoms. The fraction of sp³-hybridized carbons (Fsp3) is 0.696. The Kier molecular flexibility index (Phi) is 11.1. The molecule has 2 atom stereocenters. The van der Waals surface area contributed by atoms with Crippen molar-refractivity contribution in [2.75, 3.05) is 90.7 Å². The van der Waals surface area contributed by atoms with Gasteiger partial charge in [0.2, 0.25) is 5.28 Å². The molecule has 204 valence electrons. The van der Waals surface area contributed by atoms with Gasteiger partial charge in [0.05, 0.1) is 83.8 Å². The third-order valence-corrected chi connectivity index (χ3v) is 5.74. The van der Waals surface area contributed by atoms with Crippen LogP contribution in [0.1, 0.15) is 6.41 Å². The van der Waals surface area contributed by atoms with Crippen molar-refractivity contribution in [1.82, 2.24) is 19.7 Å². The maximum Gasteiger partial charge on any atom is 0.262 e. The Morgan fingerprint density at radius 1 is 1.03 bits per heavy atom. The second-order valence-corrected chi connectivity index (χ2v) is 8.55. The lowest BCUT2D eigenvalue weighted by Gasteiger charge is -2.39. The maximum atomic E-state index is 9.27. The van der Waals surface area contributed by atoms with Gasteiger partial charge in [-0.05, 0) is 11.6 Å². The first kappa shape index (κ1) is 27.9. The van der Waals surface area contributed by atoms with E-state index >= 15 is 0 Å². The zero-order chi connectivity index (χ0) is 25.9. The highest BCUT2D eigenvalue weighted by molar-refractivity contribution is 6.28. The van der Waals surface area contributed by atoms with Gasteiger partial charge in [-0.1, -0.05) is 5.92 Å². The first-order chi connectivity index (χ1) is 18.2. The van der Waals surface area contributed by atoms with E-state index in [1.165, 1.54) is 4.68 Å². The Bertz CT molecular complexity index is 1010. The number of aliphatic hydroxyl groups excluding tert-OH is 1. The number of ether oxygens (including phenoxy) is 7. The van der Waals surface area contributed by atoms with E-state index in [4.69, 9.17) is 51.2 Å². The molecule has 1 N–H and O–H groups in total. The zero-order valence-corrected chi connectivity index (χ0v) is 21.3. The van der Waals surface area contributed by atoms with Gasteiger partial charge in [-0.2, -0.15) is 19.7 Å². The van der Waals surface area contributed by atoms with Crippen LogP contribution in [0.25, 0.3) is 11.0 Å². The molecule has 0 radical (unpaired) electrons. The highest BCUT2D eigenvalue weighted by atomic mass is 35.5. The third kappa shape index (κ3) is 7.93. The van der Waals surface area contributed by atoms with Crippen LogP contribution in [-0.4, -0.2) is 123 Å². The summed E-state index contributed by atoms with van der Waals surface area (Å²) in [5.41, 5.74) is 0.499. The number of aromatic nitrogens is 4. The minimum Gasteiger partial charge on any atom is -0.394 e. The number of terminal acetylenes is 1. The van der Waals surface area contributed by atoms with Crippen molar-refractivity contribution in [3.8, 4) is 12.3 Å². The van der Waals surface area contributed by atoms with Crippen molar-refractivity contribution < 1.29 is 38.3 Å². The first-order valence-corrected chi connectivity index (χ1v) is 12.5. The quantitative estimate of drug-likeness (QED) is 0.167. The summed E-state index contributed by atoms with van der Waals surface area (Å²) < 4.78 is 40.0. The number of hydrogen-bond acceptors (Lipinski definition) is 12. The van der Waals surface area contributed by atoms with Crippen LogP contribution in [0, 0.1) is 12.3 Å². The summed E-state index contributed by atoms with van der Waals surface area (Å²) in [4.78, 5) is 10.7. The SMILES string of the molecule is C#CCOCCOCCOCCOCCOC1CN(c2nc(Cl)nc3c2cnn3C2OCC(CO)O2)C1. The summed E-state index contributed by atoms with van der Waals surface area (Å²) >= 11 is 6.19. The van der Waals surface area contributed by atoms with Gasteiger partial charge in [0.1, 0.15) is 18.5 Å². The van der Waals surface area contributed by atoms with E-state index in [9.17, 15) is 5.11 Å². The lowest BCUT2D eigenvalue weighted by Crippen LogP contribution is -2.53. The molecule has 2 saturated heterocycles. The third-order valence-electron chi connectivity index (χ3n) is 5.57. The zero-order valence-electron chi connectivity index (χ0n) is 20.5. The number of hydrogen-bond donors (Lipinski definition) is 1. The molecule has 2 aliphatic heterocycles. The fourth-order valence-electron chi connectivity index (χ4n) is 3.72. The number of nitrogens with zero attached hydrogens (tertiary/aromatic N) is 5. The van der Waals surface area contributed by atoms with Crippen LogP contribution >= 0.6 is 11.6 Å². The predicted molar refractivity (Wildman–Crippen MR) is 131 cm³/mol. The molecule has 2 aromatic heterocycles. The molecule has 14 heteroatoms. The van der Waals surface area contributed by atoms with E-state index in [1.54, 1.807) is 6.20 Å². The Morgan fingerprint density at radius 2 is 1.70 bits per heavy atom. The average molecular weight is 542 g/mol. The van der Waals surface area contributed by atoms with Crippen LogP contribution in [0.2, 0.25) is 5.28 Å². The molecular weight excluding hydrogens is 510 g/mol. The second kappa shape index (κ2) is 14.7. The molecule has 13 nitrogen and oxygen atoms in total. The van der Waals surface area contributed by atoms with Gasteiger partial charge in [0.25, 0.3) is 6.41 Å². The van der Waals surface area contributed by atoms with E-state index in [-0.39, 0.29) is 24.6 Å². The van der Waals surface area contributed by atoms with Crippen molar-refractivity contribution in [3.05, 3.63) is 11.5 Å². The lowest BCUT2D eigenvalue weighted by atomic mass is 10.1. The molecular formula is C23H32ClN5O8.